The van der Waals surface area contributed by atoms with Crippen LogP contribution in [0.4, 0.5) is 5.69 Å². The minimum atomic E-state index is -3.82. The van der Waals surface area contributed by atoms with Crippen molar-refractivity contribution in [2.45, 2.75) is 43.0 Å². The normalized spacial score (nSPS) is 22.0. The molecule has 1 fully saturated rings. The number of hydrogen-bond donors (Lipinski definition) is 2. The summed E-state index contributed by atoms with van der Waals surface area (Å²) in [4.78, 5) is 17.4. The zero-order chi connectivity index (χ0) is 24.5. The third-order valence-corrected chi connectivity index (χ3v) is 9.22. The Morgan fingerprint density at radius 1 is 1.26 bits per heavy atom. The molecule has 2 aromatic rings. The molecule has 2 N–H and O–H groups in total. The van der Waals surface area contributed by atoms with Crippen molar-refractivity contribution in [1.82, 2.24) is 9.80 Å². The van der Waals surface area contributed by atoms with Crippen LogP contribution in [0.5, 0.6) is 5.75 Å². The number of sulfonamides is 1. The Morgan fingerprint density at radius 3 is 2.68 bits per heavy atom. The van der Waals surface area contributed by atoms with Gasteiger partial charge in [-0.3, -0.25) is 9.52 Å². The third-order valence-electron chi connectivity index (χ3n) is 6.45. The number of nitrogens with zero attached hydrogens (tertiary/aromatic N) is 2. The second kappa shape index (κ2) is 10.2. The first-order valence-electron chi connectivity index (χ1n) is 11.7. The van der Waals surface area contributed by atoms with Crippen molar-refractivity contribution in [3.05, 3.63) is 41.3 Å². The Hall–Kier alpha value is -2.14. The first-order valence-corrected chi connectivity index (χ1v) is 14.0. The van der Waals surface area contributed by atoms with E-state index in [-0.39, 0.29) is 51.8 Å². The minimum Gasteiger partial charge on any atom is -0.486 e. The molecule has 0 spiro atoms. The van der Waals surface area contributed by atoms with Crippen LogP contribution < -0.4 is 9.46 Å². The Kier molecular flexibility index (Phi) is 7.51. The standard InChI is InChI=1S/C24H33N3O5S2/c1-16-12-27(17(2)15-28)24(29)19-6-4-7-20(25-34(30,31)22-8-5-11-33-22)23(19)32-21(16)14-26(3)13-18-9-10-18/h4-8,11,16-18,21,25,28H,9-10,12-15H2,1-3H3/t16-,17-,21-/m1/s1. The monoisotopic (exact) mass is 507 g/mol. The Labute approximate surface area is 205 Å². The molecule has 8 nitrogen and oxygen atoms in total. The molecule has 186 valence electrons. The zero-order valence-corrected chi connectivity index (χ0v) is 21.4. The van der Waals surface area contributed by atoms with E-state index in [1.807, 2.05) is 13.8 Å². The van der Waals surface area contributed by atoms with E-state index >= 15 is 0 Å². The minimum absolute atomic E-state index is 0.0327. The molecule has 4 rings (SSSR count). The van der Waals surface area contributed by atoms with Crippen LogP contribution in [0.1, 0.15) is 37.0 Å². The Morgan fingerprint density at radius 2 is 2.03 bits per heavy atom. The number of nitrogens with one attached hydrogen (secondary N) is 1. The van der Waals surface area contributed by atoms with Gasteiger partial charge in [0.2, 0.25) is 0 Å². The van der Waals surface area contributed by atoms with Crippen LogP contribution in [0, 0.1) is 11.8 Å². The van der Waals surface area contributed by atoms with E-state index in [0.29, 0.717) is 13.1 Å². The maximum Gasteiger partial charge on any atom is 0.271 e. The Balaban J connectivity index is 1.72. The largest absolute Gasteiger partial charge is 0.486 e. The molecule has 1 aliphatic heterocycles. The van der Waals surface area contributed by atoms with E-state index in [1.54, 1.807) is 34.5 Å². The fourth-order valence-electron chi connectivity index (χ4n) is 4.28. The molecule has 34 heavy (non-hydrogen) atoms. The van der Waals surface area contributed by atoms with Gasteiger partial charge in [0.1, 0.15) is 10.3 Å². The molecular weight excluding hydrogens is 474 g/mol. The van der Waals surface area contributed by atoms with Gasteiger partial charge in [-0.1, -0.05) is 19.1 Å². The number of thiophene rings is 1. The molecule has 0 bridgehead atoms. The second-order valence-corrected chi connectivity index (χ2v) is 12.4. The molecule has 1 aromatic carbocycles. The van der Waals surface area contributed by atoms with Crippen molar-refractivity contribution in [1.29, 1.82) is 0 Å². The topological polar surface area (TPSA) is 99.2 Å². The lowest BCUT2D eigenvalue weighted by atomic mass is 9.99. The molecule has 0 unspecified atom stereocenters. The Bertz CT molecular complexity index is 1100. The molecule has 2 aliphatic rings. The first kappa shape index (κ1) is 25.0. The number of fused-ring (bicyclic) bond motifs is 1. The predicted molar refractivity (Wildman–Crippen MR) is 133 cm³/mol. The van der Waals surface area contributed by atoms with Crippen molar-refractivity contribution in [3.8, 4) is 5.75 Å². The summed E-state index contributed by atoms with van der Waals surface area (Å²) in [6, 6.07) is 7.75. The molecule has 1 aliphatic carbocycles. The average molecular weight is 508 g/mol. The maximum atomic E-state index is 13.5. The van der Waals surface area contributed by atoms with Gasteiger partial charge < -0.3 is 19.6 Å². The molecule has 1 saturated carbocycles. The molecule has 2 heterocycles. The summed E-state index contributed by atoms with van der Waals surface area (Å²) in [6.45, 7) is 5.76. The van der Waals surface area contributed by atoms with Crippen LogP contribution in [-0.2, 0) is 10.0 Å². The van der Waals surface area contributed by atoms with Crippen LogP contribution in [-0.4, -0.2) is 74.7 Å². The number of hydrogen-bond acceptors (Lipinski definition) is 7. The van der Waals surface area contributed by atoms with Crippen molar-refractivity contribution in [2.24, 2.45) is 11.8 Å². The lowest BCUT2D eigenvalue weighted by molar-refractivity contribution is 0.0346. The molecule has 1 amide bonds. The summed E-state index contributed by atoms with van der Waals surface area (Å²) >= 11 is 1.12. The van der Waals surface area contributed by atoms with Crippen LogP contribution >= 0.6 is 11.3 Å². The van der Waals surface area contributed by atoms with Gasteiger partial charge in [-0.25, -0.2) is 8.42 Å². The maximum absolute atomic E-state index is 13.5. The first-order chi connectivity index (χ1) is 16.2. The van der Waals surface area contributed by atoms with Crippen LogP contribution in [0.15, 0.2) is 39.9 Å². The van der Waals surface area contributed by atoms with Crippen LogP contribution in [0.2, 0.25) is 0 Å². The second-order valence-electron chi connectivity index (χ2n) is 9.51. The highest BCUT2D eigenvalue weighted by Gasteiger charge is 2.35. The van der Waals surface area contributed by atoms with E-state index in [2.05, 4.69) is 16.7 Å². The van der Waals surface area contributed by atoms with Gasteiger partial charge in [0, 0.05) is 25.6 Å². The van der Waals surface area contributed by atoms with Gasteiger partial charge in [0.05, 0.1) is 23.9 Å². The highest BCUT2D eigenvalue weighted by atomic mass is 32.2. The van der Waals surface area contributed by atoms with Gasteiger partial charge in [-0.2, -0.15) is 0 Å². The quantitative estimate of drug-likeness (QED) is 0.541. The van der Waals surface area contributed by atoms with Crippen molar-refractivity contribution in [3.63, 3.8) is 0 Å². The van der Waals surface area contributed by atoms with Crippen LogP contribution in [0.25, 0.3) is 0 Å². The molecule has 0 saturated heterocycles. The van der Waals surface area contributed by atoms with E-state index in [0.717, 1.165) is 23.8 Å². The lowest BCUT2D eigenvalue weighted by Crippen LogP contribution is -2.50. The van der Waals surface area contributed by atoms with Gasteiger partial charge in [-0.15, -0.1) is 11.3 Å². The number of anilines is 1. The summed E-state index contributed by atoms with van der Waals surface area (Å²) in [7, 11) is -1.76. The van der Waals surface area contributed by atoms with Gasteiger partial charge in [0.25, 0.3) is 15.9 Å². The number of carbonyl (C=O) groups is 1. The number of aliphatic hydroxyl groups is 1. The van der Waals surface area contributed by atoms with Gasteiger partial charge >= 0.3 is 0 Å². The van der Waals surface area contributed by atoms with Crippen molar-refractivity contribution >= 4 is 33.0 Å². The molecule has 1 aromatic heterocycles. The number of amides is 1. The fraction of sp³-hybridized carbons (Fsp3) is 0.542. The zero-order valence-electron chi connectivity index (χ0n) is 19.8. The van der Waals surface area contributed by atoms with Crippen LogP contribution in [0.3, 0.4) is 0 Å². The van der Waals surface area contributed by atoms with E-state index in [1.165, 1.54) is 18.9 Å². The van der Waals surface area contributed by atoms with Crippen molar-refractivity contribution in [2.75, 3.05) is 38.0 Å². The smallest absolute Gasteiger partial charge is 0.271 e. The summed E-state index contributed by atoms with van der Waals surface area (Å²) < 4.78 is 35.2. The van der Waals surface area contributed by atoms with Gasteiger partial charge in [-0.05, 0) is 56.3 Å². The number of likely N-dealkylation sites (N-methyl/N-ethyl adjacent to an activating group) is 1. The number of carbonyl (C=O) groups excluding carboxylic acids is 1. The molecule has 3 atom stereocenters. The highest BCUT2D eigenvalue weighted by Crippen LogP contribution is 2.37. The number of ether oxygens (including phenoxy) is 1. The summed E-state index contributed by atoms with van der Waals surface area (Å²) in [5.41, 5.74) is 0.522. The van der Waals surface area contributed by atoms with Gasteiger partial charge in [0.15, 0.2) is 5.75 Å². The lowest BCUT2D eigenvalue weighted by Gasteiger charge is -2.38. The highest BCUT2D eigenvalue weighted by molar-refractivity contribution is 7.94. The SMILES string of the molecule is C[C@@H]1CN([C@H](C)CO)C(=O)c2cccc(NS(=O)(=O)c3cccs3)c2O[C@@H]1CN(C)CC1CC1. The summed E-state index contributed by atoms with van der Waals surface area (Å²) in [5.74, 6) is 0.640. The predicted octanol–water partition coefficient (Wildman–Crippen LogP) is 3.11. The number of aliphatic hydroxyl groups excluding tert-OH is 1. The van der Waals surface area contributed by atoms with E-state index in [9.17, 15) is 18.3 Å². The summed E-state index contributed by atoms with van der Waals surface area (Å²) in [6.07, 6.45) is 2.23. The average Bonchev–Trinajstić information content (AvgIpc) is 3.41. The third kappa shape index (κ3) is 5.56. The number of rotatable bonds is 9. The van der Waals surface area contributed by atoms with E-state index < -0.39 is 10.0 Å². The van der Waals surface area contributed by atoms with E-state index in [4.69, 9.17) is 4.74 Å². The fourth-order valence-corrected chi connectivity index (χ4v) is 6.33. The number of benzene rings is 1. The molecular formula is C24H33N3O5S2. The van der Waals surface area contributed by atoms with Crippen molar-refractivity contribution < 1.29 is 23.1 Å². The molecule has 10 heteroatoms. The summed E-state index contributed by atoms with van der Waals surface area (Å²) in [5, 5.41) is 11.5. The molecule has 0 radical (unpaired) electrons. The number of para-hydroxylation sites is 1.